The van der Waals surface area contributed by atoms with Gasteiger partial charge in [-0.3, -0.25) is 9.59 Å². The van der Waals surface area contributed by atoms with Crippen LogP contribution in [-0.4, -0.2) is 21.6 Å². The van der Waals surface area contributed by atoms with E-state index in [1.54, 1.807) is 0 Å². The Morgan fingerprint density at radius 2 is 1.95 bits per heavy atom. The molecule has 19 heavy (non-hydrogen) atoms. The number of aromatic nitrogens is 1. The summed E-state index contributed by atoms with van der Waals surface area (Å²) in [7, 11) is 0. The van der Waals surface area contributed by atoms with E-state index in [1.165, 1.54) is 42.0 Å². The van der Waals surface area contributed by atoms with Crippen LogP contribution < -0.4 is 11.3 Å². The maximum Gasteiger partial charge on any atom is 0.336 e. The van der Waals surface area contributed by atoms with Crippen LogP contribution in [0.2, 0.25) is 0 Å². The van der Waals surface area contributed by atoms with E-state index in [0.717, 1.165) is 0 Å². The summed E-state index contributed by atoms with van der Waals surface area (Å²) < 4.78 is 1.19. The van der Waals surface area contributed by atoms with Crippen molar-refractivity contribution in [1.82, 2.24) is 4.57 Å². The van der Waals surface area contributed by atoms with E-state index in [9.17, 15) is 14.4 Å². The molecule has 98 valence electrons. The smallest absolute Gasteiger partial charge is 0.336 e. The third kappa shape index (κ3) is 2.08. The van der Waals surface area contributed by atoms with Crippen LogP contribution in [0.4, 0.5) is 0 Å². The zero-order valence-electron chi connectivity index (χ0n) is 10.2. The summed E-state index contributed by atoms with van der Waals surface area (Å²) in [4.78, 5) is 34.4. The molecule has 6 heteroatoms. The van der Waals surface area contributed by atoms with Crippen molar-refractivity contribution in [1.29, 1.82) is 0 Å². The fourth-order valence-corrected chi connectivity index (χ4v) is 1.92. The molecule has 3 N–H and O–H groups in total. The van der Waals surface area contributed by atoms with Gasteiger partial charge in [0.25, 0.3) is 5.56 Å². The van der Waals surface area contributed by atoms with Crippen LogP contribution in [0, 0.1) is 0 Å². The average Bonchev–Trinajstić information content (AvgIpc) is 2.37. The molecule has 1 amide bonds. The average molecular weight is 260 g/mol. The Kier molecular flexibility index (Phi) is 3.08. The summed E-state index contributed by atoms with van der Waals surface area (Å²) in [5.74, 6) is -1.73. The summed E-state index contributed by atoms with van der Waals surface area (Å²) in [6.45, 7) is 1.51. The van der Waals surface area contributed by atoms with Crippen molar-refractivity contribution in [2.24, 2.45) is 5.73 Å². The minimum Gasteiger partial charge on any atom is -0.478 e. The van der Waals surface area contributed by atoms with E-state index in [2.05, 4.69) is 0 Å². The van der Waals surface area contributed by atoms with Crippen LogP contribution in [0.15, 0.2) is 35.3 Å². The highest BCUT2D eigenvalue weighted by Crippen LogP contribution is 2.16. The molecule has 0 saturated heterocycles. The molecule has 0 aliphatic carbocycles. The normalized spacial score (nSPS) is 12.3. The van der Waals surface area contributed by atoms with Crippen molar-refractivity contribution in [3.05, 3.63) is 46.4 Å². The molecule has 0 aliphatic rings. The standard InChI is InChI=1S/C13H12N2O4/c1-7(11(14)16)15-6-5-8-9(12(15)17)3-2-4-10(8)13(18)19/h2-7H,1H3,(H2,14,16)(H,18,19)/t7-/m1/s1. The Morgan fingerprint density at radius 3 is 2.53 bits per heavy atom. The Bertz CT molecular complexity index is 733. The van der Waals surface area contributed by atoms with Gasteiger partial charge in [0.1, 0.15) is 6.04 Å². The molecule has 2 rings (SSSR count). The number of carboxylic acid groups (broad SMARTS) is 1. The largest absolute Gasteiger partial charge is 0.478 e. The number of aromatic carboxylic acids is 1. The van der Waals surface area contributed by atoms with Crippen LogP contribution in [0.3, 0.4) is 0 Å². The first-order valence-electron chi connectivity index (χ1n) is 5.60. The number of rotatable bonds is 3. The molecule has 0 fully saturated rings. The third-order valence-electron chi connectivity index (χ3n) is 3.03. The fourth-order valence-electron chi connectivity index (χ4n) is 1.92. The van der Waals surface area contributed by atoms with Gasteiger partial charge in [0.2, 0.25) is 5.91 Å². The first-order valence-corrected chi connectivity index (χ1v) is 5.60. The molecule has 0 unspecified atom stereocenters. The van der Waals surface area contributed by atoms with Gasteiger partial charge in [-0.2, -0.15) is 0 Å². The van der Waals surface area contributed by atoms with E-state index < -0.39 is 23.5 Å². The molecule has 1 atom stereocenters. The van der Waals surface area contributed by atoms with Crippen molar-refractivity contribution < 1.29 is 14.7 Å². The van der Waals surface area contributed by atoms with Crippen LogP contribution in [-0.2, 0) is 4.79 Å². The van der Waals surface area contributed by atoms with Crippen molar-refractivity contribution in [2.45, 2.75) is 13.0 Å². The predicted octanol–water partition coefficient (Wildman–Crippen LogP) is 0.746. The van der Waals surface area contributed by atoms with E-state index in [-0.39, 0.29) is 10.9 Å². The number of hydrogen-bond acceptors (Lipinski definition) is 3. The van der Waals surface area contributed by atoms with Crippen molar-refractivity contribution in [2.75, 3.05) is 0 Å². The predicted molar refractivity (Wildman–Crippen MR) is 69.1 cm³/mol. The van der Waals surface area contributed by atoms with Gasteiger partial charge in [0.15, 0.2) is 0 Å². The summed E-state index contributed by atoms with van der Waals surface area (Å²) >= 11 is 0. The molecule has 1 aromatic heterocycles. The summed E-state index contributed by atoms with van der Waals surface area (Å²) in [5.41, 5.74) is 4.78. The van der Waals surface area contributed by atoms with Gasteiger partial charge in [0, 0.05) is 17.0 Å². The number of carbonyl (C=O) groups excluding carboxylic acids is 1. The number of nitrogens with two attached hydrogens (primary N) is 1. The van der Waals surface area contributed by atoms with Crippen LogP contribution in [0.1, 0.15) is 23.3 Å². The maximum absolute atomic E-state index is 12.2. The molecule has 0 radical (unpaired) electrons. The van der Waals surface area contributed by atoms with E-state index in [0.29, 0.717) is 5.39 Å². The second kappa shape index (κ2) is 4.56. The molecule has 1 heterocycles. The number of hydrogen-bond donors (Lipinski definition) is 2. The third-order valence-corrected chi connectivity index (χ3v) is 3.03. The highest BCUT2D eigenvalue weighted by Gasteiger charge is 2.16. The first kappa shape index (κ1) is 12.8. The summed E-state index contributed by atoms with van der Waals surface area (Å²) in [5, 5.41) is 9.64. The lowest BCUT2D eigenvalue weighted by Gasteiger charge is -2.12. The fraction of sp³-hybridized carbons (Fsp3) is 0.154. The number of fused-ring (bicyclic) bond motifs is 1. The second-order valence-electron chi connectivity index (χ2n) is 4.18. The quantitative estimate of drug-likeness (QED) is 0.849. The van der Waals surface area contributed by atoms with Crippen LogP contribution >= 0.6 is 0 Å². The second-order valence-corrected chi connectivity index (χ2v) is 4.18. The number of amides is 1. The Balaban J connectivity index is 2.77. The SMILES string of the molecule is C[C@H](C(N)=O)n1ccc2c(C(=O)O)cccc2c1=O. The van der Waals surface area contributed by atoms with E-state index >= 15 is 0 Å². The summed E-state index contributed by atoms with van der Waals surface area (Å²) in [6, 6.07) is 5.15. The van der Waals surface area contributed by atoms with E-state index in [1.807, 2.05) is 0 Å². The van der Waals surface area contributed by atoms with Gasteiger partial charge < -0.3 is 15.4 Å². The number of carboxylic acids is 1. The number of pyridine rings is 1. The van der Waals surface area contributed by atoms with Gasteiger partial charge in [-0.05, 0) is 25.1 Å². The molecule has 0 saturated carbocycles. The number of primary amides is 1. The van der Waals surface area contributed by atoms with Crippen LogP contribution in [0.5, 0.6) is 0 Å². The van der Waals surface area contributed by atoms with Gasteiger partial charge in [-0.1, -0.05) is 6.07 Å². The molecule has 2 aromatic rings. The topological polar surface area (TPSA) is 102 Å². The Morgan fingerprint density at radius 1 is 1.26 bits per heavy atom. The maximum atomic E-state index is 12.2. The zero-order valence-corrected chi connectivity index (χ0v) is 10.2. The molecule has 0 bridgehead atoms. The van der Waals surface area contributed by atoms with Crippen molar-refractivity contribution in [3.63, 3.8) is 0 Å². The summed E-state index contributed by atoms with van der Waals surface area (Å²) in [6.07, 6.45) is 1.38. The lowest BCUT2D eigenvalue weighted by molar-refractivity contribution is -0.120. The minimum atomic E-state index is -1.11. The van der Waals surface area contributed by atoms with Crippen LogP contribution in [0.25, 0.3) is 10.8 Å². The van der Waals surface area contributed by atoms with Gasteiger partial charge in [-0.15, -0.1) is 0 Å². The number of benzene rings is 1. The molecular weight excluding hydrogens is 248 g/mol. The molecule has 6 nitrogen and oxygen atoms in total. The van der Waals surface area contributed by atoms with Gasteiger partial charge in [-0.25, -0.2) is 4.79 Å². The van der Waals surface area contributed by atoms with Crippen molar-refractivity contribution >= 4 is 22.6 Å². The zero-order chi connectivity index (χ0) is 14.2. The van der Waals surface area contributed by atoms with Gasteiger partial charge in [0.05, 0.1) is 5.56 Å². The first-order chi connectivity index (χ1) is 8.93. The Hall–Kier alpha value is -2.63. The van der Waals surface area contributed by atoms with Gasteiger partial charge >= 0.3 is 5.97 Å². The number of carbonyl (C=O) groups is 2. The minimum absolute atomic E-state index is 0.0495. The highest BCUT2D eigenvalue weighted by atomic mass is 16.4. The molecule has 1 aromatic carbocycles. The Labute approximate surface area is 108 Å². The molecule has 0 spiro atoms. The number of nitrogens with zero attached hydrogens (tertiary/aromatic N) is 1. The molecular formula is C13H12N2O4. The van der Waals surface area contributed by atoms with Crippen molar-refractivity contribution in [3.8, 4) is 0 Å². The van der Waals surface area contributed by atoms with E-state index in [4.69, 9.17) is 10.8 Å². The highest BCUT2D eigenvalue weighted by molar-refractivity contribution is 6.03. The monoisotopic (exact) mass is 260 g/mol. The lowest BCUT2D eigenvalue weighted by atomic mass is 10.1. The molecule has 0 aliphatic heterocycles. The lowest BCUT2D eigenvalue weighted by Crippen LogP contribution is -2.31.